The first-order chi connectivity index (χ1) is 15.5. The van der Waals surface area contributed by atoms with Crippen molar-refractivity contribution >= 4 is 39.9 Å². The second kappa shape index (κ2) is 9.11. The first-order valence-corrected chi connectivity index (χ1v) is 10.2. The van der Waals surface area contributed by atoms with Crippen LogP contribution in [0.1, 0.15) is 0 Å². The van der Waals surface area contributed by atoms with Crippen LogP contribution in [0.2, 0.25) is 5.02 Å². The van der Waals surface area contributed by atoms with Gasteiger partial charge in [0.2, 0.25) is 5.75 Å². The molecule has 0 bridgehead atoms. The lowest BCUT2D eigenvalue weighted by Gasteiger charge is -2.15. The van der Waals surface area contributed by atoms with Crippen molar-refractivity contribution in [3.05, 3.63) is 65.7 Å². The van der Waals surface area contributed by atoms with E-state index in [-0.39, 0.29) is 0 Å². The molecular weight excluding hydrogens is 430 g/mol. The molecule has 0 unspecified atom stereocenters. The molecule has 0 aliphatic rings. The van der Waals surface area contributed by atoms with Crippen LogP contribution >= 0.6 is 11.6 Å². The van der Waals surface area contributed by atoms with Crippen LogP contribution in [0.3, 0.4) is 0 Å². The number of methoxy groups -OCH3 is 3. The van der Waals surface area contributed by atoms with Crippen LogP contribution in [-0.4, -0.2) is 32.3 Å². The summed E-state index contributed by atoms with van der Waals surface area (Å²) < 4.78 is 16.1. The number of rotatable bonds is 6. The number of carbonyl (C=O) groups excluding carboxylic acids is 1. The van der Waals surface area contributed by atoms with E-state index in [0.717, 1.165) is 22.2 Å². The molecular formula is C24H22ClN3O4. The van der Waals surface area contributed by atoms with E-state index in [4.69, 9.17) is 25.8 Å². The number of fused-ring (bicyclic) bond motifs is 1. The van der Waals surface area contributed by atoms with Gasteiger partial charge in [0.1, 0.15) is 0 Å². The molecule has 0 fully saturated rings. The molecule has 0 saturated carbocycles. The number of aromatic amines is 1. The van der Waals surface area contributed by atoms with Crippen molar-refractivity contribution < 1.29 is 19.0 Å². The molecule has 0 saturated heterocycles. The molecule has 0 aliphatic heterocycles. The molecule has 2 amide bonds. The van der Waals surface area contributed by atoms with Crippen LogP contribution < -0.4 is 24.8 Å². The molecule has 1 heterocycles. The van der Waals surface area contributed by atoms with E-state index in [2.05, 4.69) is 15.6 Å². The number of carbonyl (C=O) groups is 1. The van der Waals surface area contributed by atoms with E-state index in [1.807, 2.05) is 48.5 Å². The van der Waals surface area contributed by atoms with E-state index in [9.17, 15) is 4.79 Å². The summed E-state index contributed by atoms with van der Waals surface area (Å²) in [5, 5.41) is 7.33. The molecule has 8 heteroatoms. The molecule has 3 N–H and O–H groups in total. The second-order valence-electron chi connectivity index (χ2n) is 6.92. The van der Waals surface area contributed by atoms with Gasteiger partial charge in [0.25, 0.3) is 0 Å². The number of para-hydroxylation sites is 1. The van der Waals surface area contributed by atoms with Crippen LogP contribution in [0.15, 0.2) is 60.7 Å². The topological polar surface area (TPSA) is 84.6 Å². The predicted octanol–water partition coefficient (Wildman–Crippen LogP) is 6.16. The zero-order valence-corrected chi connectivity index (χ0v) is 18.5. The maximum absolute atomic E-state index is 12.9. The molecule has 0 spiro atoms. The summed E-state index contributed by atoms with van der Waals surface area (Å²) in [6, 6.07) is 18.1. The third kappa shape index (κ3) is 4.15. The molecule has 4 rings (SSSR count). The summed E-state index contributed by atoms with van der Waals surface area (Å²) in [5.41, 5.74) is 3.73. The number of ether oxygens (including phenoxy) is 3. The first kappa shape index (κ1) is 21.4. The summed E-state index contributed by atoms with van der Waals surface area (Å²) in [5.74, 6) is 1.33. The number of hydrogen-bond acceptors (Lipinski definition) is 4. The van der Waals surface area contributed by atoms with Crippen molar-refractivity contribution in [2.75, 3.05) is 32.0 Å². The highest BCUT2D eigenvalue weighted by atomic mass is 35.5. The number of aromatic nitrogens is 1. The Morgan fingerprint density at radius 3 is 2.16 bits per heavy atom. The Bertz CT molecular complexity index is 1240. The van der Waals surface area contributed by atoms with Crippen molar-refractivity contribution in [3.63, 3.8) is 0 Å². The minimum atomic E-state index is -0.417. The maximum atomic E-state index is 12.9. The minimum Gasteiger partial charge on any atom is -0.493 e. The lowest BCUT2D eigenvalue weighted by molar-refractivity contribution is 0.262. The van der Waals surface area contributed by atoms with Crippen LogP contribution in [0, 0.1) is 0 Å². The highest BCUT2D eigenvalue weighted by Crippen LogP contribution is 2.40. The average molecular weight is 452 g/mol. The van der Waals surface area contributed by atoms with Gasteiger partial charge in [-0.15, -0.1) is 0 Å². The number of benzene rings is 3. The van der Waals surface area contributed by atoms with E-state index in [1.165, 1.54) is 21.3 Å². The van der Waals surface area contributed by atoms with E-state index < -0.39 is 6.03 Å². The summed E-state index contributed by atoms with van der Waals surface area (Å²) in [6.07, 6.45) is 0. The number of amides is 2. The summed E-state index contributed by atoms with van der Waals surface area (Å²) in [4.78, 5) is 16.3. The third-order valence-electron chi connectivity index (χ3n) is 5.00. The molecule has 164 valence electrons. The number of nitrogens with one attached hydrogen (secondary N) is 3. The largest absolute Gasteiger partial charge is 0.493 e. The fourth-order valence-electron chi connectivity index (χ4n) is 3.53. The molecule has 7 nitrogen and oxygen atoms in total. The Morgan fingerprint density at radius 2 is 1.53 bits per heavy atom. The lowest BCUT2D eigenvalue weighted by Crippen LogP contribution is -2.19. The summed E-state index contributed by atoms with van der Waals surface area (Å²) >= 11 is 6.04. The fourth-order valence-corrected chi connectivity index (χ4v) is 3.66. The zero-order chi connectivity index (χ0) is 22.7. The fraction of sp³-hybridized carbons (Fsp3) is 0.125. The van der Waals surface area contributed by atoms with Crippen LogP contribution in [0.4, 0.5) is 16.2 Å². The number of H-pyrrole nitrogens is 1. The quantitative estimate of drug-likeness (QED) is 0.328. The van der Waals surface area contributed by atoms with Gasteiger partial charge in [0.05, 0.1) is 38.4 Å². The third-order valence-corrected chi connectivity index (χ3v) is 5.25. The summed E-state index contributed by atoms with van der Waals surface area (Å²) in [7, 11) is 4.56. The zero-order valence-electron chi connectivity index (χ0n) is 17.8. The monoisotopic (exact) mass is 451 g/mol. The van der Waals surface area contributed by atoms with Gasteiger partial charge in [-0.1, -0.05) is 41.9 Å². The van der Waals surface area contributed by atoms with Gasteiger partial charge in [-0.3, -0.25) is 0 Å². The van der Waals surface area contributed by atoms with Crippen molar-refractivity contribution in [2.24, 2.45) is 0 Å². The summed E-state index contributed by atoms with van der Waals surface area (Å²) in [6.45, 7) is 0. The molecule has 4 aromatic rings. The normalized spacial score (nSPS) is 10.6. The van der Waals surface area contributed by atoms with Crippen molar-refractivity contribution in [1.29, 1.82) is 0 Å². The molecule has 0 aliphatic carbocycles. The lowest BCUT2D eigenvalue weighted by atomic mass is 10.1. The number of urea groups is 1. The van der Waals surface area contributed by atoms with Gasteiger partial charge >= 0.3 is 6.03 Å². The van der Waals surface area contributed by atoms with Crippen molar-refractivity contribution in [2.45, 2.75) is 0 Å². The Labute approximate surface area is 190 Å². The van der Waals surface area contributed by atoms with Gasteiger partial charge in [-0.2, -0.15) is 0 Å². The number of halogens is 1. The van der Waals surface area contributed by atoms with Crippen LogP contribution in [0.5, 0.6) is 17.2 Å². The van der Waals surface area contributed by atoms with Crippen molar-refractivity contribution in [1.82, 2.24) is 4.98 Å². The predicted molar refractivity (Wildman–Crippen MR) is 127 cm³/mol. The molecule has 3 aromatic carbocycles. The molecule has 1 aromatic heterocycles. The van der Waals surface area contributed by atoms with Crippen molar-refractivity contribution in [3.8, 4) is 28.5 Å². The van der Waals surface area contributed by atoms with Gasteiger partial charge in [-0.25, -0.2) is 4.79 Å². The molecule has 32 heavy (non-hydrogen) atoms. The average Bonchev–Trinajstić information content (AvgIpc) is 3.17. The van der Waals surface area contributed by atoms with Gasteiger partial charge in [-0.05, 0) is 18.2 Å². The highest BCUT2D eigenvalue weighted by Gasteiger charge is 2.18. The minimum absolute atomic E-state index is 0.417. The Morgan fingerprint density at radius 1 is 0.875 bits per heavy atom. The Balaban J connectivity index is 1.67. The van der Waals surface area contributed by atoms with Gasteiger partial charge < -0.3 is 29.8 Å². The smallest absolute Gasteiger partial charge is 0.323 e. The van der Waals surface area contributed by atoms with E-state index in [1.54, 1.807) is 12.1 Å². The number of anilines is 2. The van der Waals surface area contributed by atoms with Gasteiger partial charge in [0.15, 0.2) is 11.5 Å². The Kier molecular flexibility index (Phi) is 6.09. The maximum Gasteiger partial charge on any atom is 0.323 e. The van der Waals surface area contributed by atoms with Crippen LogP contribution in [-0.2, 0) is 0 Å². The van der Waals surface area contributed by atoms with E-state index >= 15 is 0 Å². The molecule has 0 radical (unpaired) electrons. The SMILES string of the molecule is COc1cc(NC(=O)Nc2c(-c3ccc(Cl)cc3)[nH]c3ccccc23)cc(OC)c1OC. The Hall–Kier alpha value is -3.84. The standard InChI is InChI=1S/C24H22ClN3O4/c1-30-19-12-16(13-20(31-2)23(19)32-3)26-24(29)28-22-17-6-4-5-7-18(17)27-21(22)14-8-10-15(25)11-9-14/h4-13,27H,1-3H3,(H2,26,28,29). The highest BCUT2D eigenvalue weighted by molar-refractivity contribution is 6.30. The van der Waals surface area contributed by atoms with Gasteiger partial charge in [0, 0.05) is 33.6 Å². The second-order valence-corrected chi connectivity index (χ2v) is 7.36. The van der Waals surface area contributed by atoms with Crippen LogP contribution in [0.25, 0.3) is 22.2 Å². The molecule has 0 atom stereocenters. The number of hydrogen-bond donors (Lipinski definition) is 3. The first-order valence-electron chi connectivity index (χ1n) is 9.78. The van der Waals surface area contributed by atoms with E-state index in [0.29, 0.717) is 33.6 Å².